The van der Waals surface area contributed by atoms with Crippen molar-refractivity contribution >= 4 is 11.9 Å². The van der Waals surface area contributed by atoms with Crippen LogP contribution >= 0.6 is 0 Å². The fourth-order valence-electron chi connectivity index (χ4n) is 3.74. The predicted molar refractivity (Wildman–Crippen MR) is 105 cm³/mol. The second-order valence-corrected chi connectivity index (χ2v) is 7.17. The van der Waals surface area contributed by atoms with E-state index in [-0.39, 0.29) is 5.91 Å². The van der Waals surface area contributed by atoms with Crippen LogP contribution in [0.3, 0.4) is 0 Å². The SMILES string of the molecule is CCN(Cc1ccccc1)C(=O)c1cnc(N2CCC3(CC2)OCCO3)nc1. The predicted octanol–water partition coefficient (Wildman–Crippen LogP) is 2.48. The molecule has 3 heterocycles. The molecule has 0 saturated carbocycles. The van der Waals surface area contributed by atoms with Crippen molar-refractivity contribution in [3.8, 4) is 0 Å². The smallest absolute Gasteiger partial charge is 0.257 e. The highest BCUT2D eigenvalue weighted by Gasteiger charge is 2.40. The summed E-state index contributed by atoms with van der Waals surface area (Å²) in [6.45, 7) is 6.09. The highest BCUT2D eigenvalue weighted by atomic mass is 16.7. The number of nitrogens with zero attached hydrogens (tertiary/aromatic N) is 4. The Morgan fingerprint density at radius 3 is 2.36 bits per heavy atom. The van der Waals surface area contributed by atoms with E-state index in [4.69, 9.17) is 9.47 Å². The monoisotopic (exact) mass is 382 g/mol. The van der Waals surface area contributed by atoms with Crippen LogP contribution in [0.15, 0.2) is 42.7 Å². The Bertz CT molecular complexity index is 781. The number of aromatic nitrogens is 2. The van der Waals surface area contributed by atoms with E-state index >= 15 is 0 Å². The van der Waals surface area contributed by atoms with E-state index in [1.54, 1.807) is 17.3 Å². The van der Waals surface area contributed by atoms with Crippen LogP contribution in [0.4, 0.5) is 5.95 Å². The maximum Gasteiger partial charge on any atom is 0.257 e. The first kappa shape index (κ1) is 18.8. The molecule has 0 N–H and O–H groups in total. The van der Waals surface area contributed by atoms with Gasteiger partial charge in [-0.15, -0.1) is 0 Å². The molecule has 7 heteroatoms. The quantitative estimate of drug-likeness (QED) is 0.791. The zero-order chi connectivity index (χ0) is 19.4. The van der Waals surface area contributed by atoms with Crippen molar-refractivity contribution in [2.45, 2.75) is 32.1 Å². The first-order chi connectivity index (χ1) is 13.7. The van der Waals surface area contributed by atoms with Crippen LogP contribution in [0.2, 0.25) is 0 Å². The van der Waals surface area contributed by atoms with Crippen LogP contribution < -0.4 is 4.90 Å². The Morgan fingerprint density at radius 2 is 1.75 bits per heavy atom. The molecule has 7 nitrogen and oxygen atoms in total. The van der Waals surface area contributed by atoms with Crippen molar-refractivity contribution in [1.82, 2.24) is 14.9 Å². The summed E-state index contributed by atoms with van der Waals surface area (Å²) in [4.78, 5) is 25.6. The molecular formula is C21H26N4O3. The van der Waals surface area contributed by atoms with Gasteiger partial charge in [0.15, 0.2) is 5.79 Å². The summed E-state index contributed by atoms with van der Waals surface area (Å²) >= 11 is 0. The van der Waals surface area contributed by atoms with Crippen LogP contribution in [-0.2, 0) is 16.0 Å². The van der Waals surface area contributed by atoms with Gasteiger partial charge in [0, 0.05) is 51.4 Å². The highest BCUT2D eigenvalue weighted by molar-refractivity contribution is 5.93. The lowest BCUT2D eigenvalue weighted by atomic mass is 10.0. The van der Waals surface area contributed by atoms with Crippen molar-refractivity contribution in [1.29, 1.82) is 0 Å². The van der Waals surface area contributed by atoms with Crippen molar-refractivity contribution in [2.75, 3.05) is 37.7 Å². The number of benzene rings is 1. The van der Waals surface area contributed by atoms with Gasteiger partial charge in [0.25, 0.3) is 5.91 Å². The third-order valence-corrected chi connectivity index (χ3v) is 5.39. The normalized spacial score (nSPS) is 18.4. The Labute approximate surface area is 165 Å². The minimum absolute atomic E-state index is 0.0525. The molecule has 0 unspecified atom stereocenters. The van der Waals surface area contributed by atoms with Gasteiger partial charge in [-0.2, -0.15) is 0 Å². The van der Waals surface area contributed by atoms with E-state index in [2.05, 4.69) is 14.9 Å². The maximum absolute atomic E-state index is 12.8. The number of ether oxygens (including phenoxy) is 2. The van der Waals surface area contributed by atoms with Crippen molar-refractivity contribution in [3.05, 3.63) is 53.9 Å². The summed E-state index contributed by atoms with van der Waals surface area (Å²) in [5, 5.41) is 0. The Morgan fingerprint density at radius 1 is 1.11 bits per heavy atom. The molecule has 0 atom stereocenters. The number of anilines is 1. The Hall–Kier alpha value is -2.51. The maximum atomic E-state index is 12.8. The number of piperidine rings is 1. The van der Waals surface area contributed by atoms with Gasteiger partial charge in [-0.25, -0.2) is 9.97 Å². The summed E-state index contributed by atoms with van der Waals surface area (Å²) in [6.07, 6.45) is 4.87. The number of hydrogen-bond acceptors (Lipinski definition) is 6. The lowest BCUT2D eigenvalue weighted by Crippen LogP contribution is -2.45. The number of carbonyl (C=O) groups is 1. The van der Waals surface area contributed by atoms with Gasteiger partial charge in [0.2, 0.25) is 5.95 Å². The second kappa shape index (κ2) is 8.24. The molecule has 2 fully saturated rings. The number of hydrogen-bond donors (Lipinski definition) is 0. The first-order valence-electron chi connectivity index (χ1n) is 9.87. The van der Waals surface area contributed by atoms with Gasteiger partial charge in [-0.1, -0.05) is 30.3 Å². The van der Waals surface area contributed by atoms with Crippen molar-refractivity contribution in [2.24, 2.45) is 0 Å². The third kappa shape index (κ3) is 4.00. The zero-order valence-electron chi connectivity index (χ0n) is 16.2. The molecule has 0 aliphatic carbocycles. The van der Waals surface area contributed by atoms with Gasteiger partial charge in [0.1, 0.15) is 0 Å². The summed E-state index contributed by atoms with van der Waals surface area (Å²) in [5.41, 5.74) is 1.62. The van der Waals surface area contributed by atoms with Gasteiger partial charge in [-0.05, 0) is 12.5 Å². The van der Waals surface area contributed by atoms with Crippen molar-refractivity contribution in [3.63, 3.8) is 0 Å². The fourth-order valence-corrected chi connectivity index (χ4v) is 3.74. The van der Waals surface area contributed by atoms with E-state index in [1.807, 2.05) is 37.3 Å². The molecule has 1 aromatic carbocycles. The topological polar surface area (TPSA) is 67.8 Å². The molecule has 2 aliphatic heterocycles. The van der Waals surface area contributed by atoms with E-state index < -0.39 is 5.79 Å². The van der Waals surface area contributed by atoms with Crippen LogP contribution in [-0.4, -0.2) is 59.4 Å². The molecule has 28 heavy (non-hydrogen) atoms. The van der Waals surface area contributed by atoms with Gasteiger partial charge in [-0.3, -0.25) is 4.79 Å². The Balaban J connectivity index is 1.39. The molecule has 1 aromatic heterocycles. The molecule has 2 aromatic rings. The average Bonchev–Trinajstić information content (AvgIpc) is 3.21. The lowest BCUT2D eigenvalue weighted by molar-refractivity contribution is -0.169. The summed E-state index contributed by atoms with van der Waals surface area (Å²) in [7, 11) is 0. The molecule has 0 radical (unpaired) electrons. The van der Waals surface area contributed by atoms with E-state index in [9.17, 15) is 4.79 Å². The van der Waals surface area contributed by atoms with E-state index in [1.165, 1.54) is 0 Å². The number of amides is 1. The average molecular weight is 382 g/mol. The van der Waals surface area contributed by atoms with Gasteiger partial charge >= 0.3 is 0 Å². The third-order valence-electron chi connectivity index (χ3n) is 5.39. The molecule has 2 aliphatic rings. The summed E-state index contributed by atoms with van der Waals surface area (Å²) < 4.78 is 11.5. The molecular weight excluding hydrogens is 356 g/mol. The minimum Gasteiger partial charge on any atom is -0.347 e. The largest absolute Gasteiger partial charge is 0.347 e. The summed E-state index contributed by atoms with van der Waals surface area (Å²) in [6, 6.07) is 9.99. The molecule has 2 saturated heterocycles. The van der Waals surface area contributed by atoms with Crippen LogP contribution in [0.5, 0.6) is 0 Å². The van der Waals surface area contributed by atoms with Crippen molar-refractivity contribution < 1.29 is 14.3 Å². The van der Waals surface area contributed by atoms with Gasteiger partial charge in [0.05, 0.1) is 18.8 Å². The molecule has 0 bridgehead atoms. The minimum atomic E-state index is -0.411. The molecule has 148 valence electrons. The lowest BCUT2D eigenvalue weighted by Gasteiger charge is -2.37. The van der Waals surface area contributed by atoms with Crippen LogP contribution in [0.25, 0.3) is 0 Å². The number of carbonyl (C=O) groups excluding carboxylic acids is 1. The first-order valence-corrected chi connectivity index (χ1v) is 9.87. The Kier molecular flexibility index (Phi) is 5.54. The second-order valence-electron chi connectivity index (χ2n) is 7.17. The standard InChI is InChI=1S/C21H26N4O3/c1-2-24(16-17-6-4-3-5-7-17)19(26)18-14-22-20(23-15-18)25-10-8-21(9-11-25)27-12-13-28-21/h3-7,14-15H,2,8-13,16H2,1H3. The molecule has 1 spiro atoms. The number of rotatable bonds is 5. The van der Waals surface area contributed by atoms with E-state index in [0.717, 1.165) is 31.5 Å². The van der Waals surface area contributed by atoms with Crippen LogP contribution in [0, 0.1) is 0 Å². The highest BCUT2D eigenvalue weighted by Crippen LogP contribution is 2.32. The van der Waals surface area contributed by atoms with Crippen LogP contribution in [0.1, 0.15) is 35.7 Å². The molecule has 1 amide bonds. The zero-order valence-corrected chi connectivity index (χ0v) is 16.2. The molecule has 4 rings (SSSR count). The fraction of sp³-hybridized carbons (Fsp3) is 0.476. The van der Waals surface area contributed by atoms with Gasteiger partial charge < -0.3 is 19.3 Å². The van der Waals surface area contributed by atoms with E-state index in [0.29, 0.717) is 37.8 Å². The summed E-state index contributed by atoms with van der Waals surface area (Å²) in [5.74, 6) is 0.185.